The fourth-order valence-corrected chi connectivity index (χ4v) is 3.05. The lowest BCUT2D eigenvalue weighted by Crippen LogP contribution is -2.32. The molecule has 4 heteroatoms. The van der Waals surface area contributed by atoms with E-state index in [-0.39, 0.29) is 0 Å². The zero-order valence-corrected chi connectivity index (χ0v) is 12.8. The molecule has 1 aromatic rings. The van der Waals surface area contributed by atoms with Crippen molar-refractivity contribution in [1.29, 1.82) is 0 Å². The average molecular weight is 300 g/mol. The first kappa shape index (κ1) is 12.9. The minimum absolute atomic E-state index is 0.689. The number of anilines is 1. The lowest BCUT2D eigenvalue weighted by atomic mass is 10.2. The molecular formula is C13H22BrN3. The van der Waals surface area contributed by atoms with Gasteiger partial charge in [-0.1, -0.05) is 29.8 Å². The standard InChI is InChI=1S/C13H22BrN3/c1-9(2)8-17(11-5-6-11)13-12(7-14)10(3)15-16(13)4/h9,11H,5-8H2,1-4H3. The first-order valence-corrected chi connectivity index (χ1v) is 7.51. The molecule has 1 fully saturated rings. The lowest BCUT2D eigenvalue weighted by Gasteiger charge is -2.27. The predicted octanol–water partition coefficient (Wildman–Crippen LogP) is 3.25. The Bertz CT molecular complexity index is 394. The number of hydrogen-bond donors (Lipinski definition) is 0. The van der Waals surface area contributed by atoms with Crippen molar-refractivity contribution < 1.29 is 0 Å². The Balaban J connectivity index is 2.34. The summed E-state index contributed by atoms with van der Waals surface area (Å²) in [6, 6.07) is 0.741. The molecule has 0 atom stereocenters. The Morgan fingerprint density at radius 1 is 1.47 bits per heavy atom. The van der Waals surface area contributed by atoms with Crippen LogP contribution in [0.4, 0.5) is 5.82 Å². The quantitative estimate of drug-likeness (QED) is 0.778. The third kappa shape index (κ3) is 2.67. The number of nitrogens with zero attached hydrogens (tertiary/aromatic N) is 3. The topological polar surface area (TPSA) is 21.1 Å². The number of aryl methyl sites for hydroxylation is 2. The Morgan fingerprint density at radius 2 is 2.12 bits per heavy atom. The van der Waals surface area contributed by atoms with Gasteiger partial charge in [-0.3, -0.25) is 4.68 Å². The fourth-order valence-electron chi connectivity index (χ4n) is 2.39. The largest absolute Gasteiger partial charge is 0.353 e. The van der Waals surface area contributed by atoms with Crippen LogP contribution in [0.2, 0.25) is 0 Å². The van der Waals surface area contributed by atoms with E-state index in [0.29, 0.717) is 5.92 Å². The van der Waals surface area contributed by atoms with Gasteiger partial charge in [0.2, 0.25) is 0 Å². The Hall–Kier alpha value is -0.510. The Kier molecular flexibility index (Phi) is 3.81. The highest BCUT2D eigenvalue weighted by molar-refractivity contribution is 9.08. The van der Waals surface area contributed by atoms with Gasteiger partial charge in [-0.05, 0) is 25.7 Å². The molecule has 0 N–H and O–H groups in total. The van der Waals surface area contributed by atoms with Crippen LogP contribution < -0.4 is 4.90 Å². The molecule has 1 aliphatic carbocycles. The number of hydrogen-bond acceptors (Lipinski definition) is 2. The second-order valence-electron chi connectivity index (χ2n) is 5.42. The van der Waals surface area contributed by atoms with Crippen LogP contribution in [0.15, 0.2) is 0 Å². The molecule has 17 heavy (non-hydrogen) atoms. The Labute approximate surface area is 112 Å². The molecule has 1 saturated carbocycles. The average Bonchev–Trinajstić information content (AvgIpc) is 3.01. The van der Waals surface area contributed by atoms with Crippen molar-refractivity contribution in [2.75, 3.05) is 11.4 Å². The molecule has 0 radical (unpaired) electrons. The molecule has 1 aliphatic rings. The zero-order valence-electron chi connectivity index (χ0n) is 11.2. The highest BCUT2D eigenvalue weighted by Gasteiger charge is 2.33. The van der Waals surface area contributed by atoms with Crippen molar-refractivity contribution in [3.05, 3.63) is 11.3 Å². The third-order valence-electron chi connectivity index (χ3n) is 3.27. The van der Waals surface area contributed by atoms with Crippen molar-refractivity contribution in [2.45, 2.75) is 45.0 Å². The number of halogens is 1. The van der Waals surface area contributed by atoms with E-state index in [4.69, 9.17) is 0 Å². The summed E-state index contributed by atoms with van der Waals surface area (Å²) >= 11 is 3.60. The molecule has 1 heterocycles. The summed E-state index contributed by atoms with van der Waals surface area (Å²) in [5, 5.41) is 5.46. The maximum Gasteiger partial charge on any atom is 0.131 e. The Morgan fingerprint density at radius 3 is 2.59 bits per heavy atom. The van der Waals surface area contributed by atoms with Gasteiger partial charge in [0.1, 0.15) is 5.82 Å². The van der Waals surface area contributed by atoms with Crippen molar-refractivity contribution in [3.63, 3.8) is 0 Å². The number of alkyl halides is 1. The fraction of sp³-hybridized carbons (Fsp3) is 0.769. The smallest absolute Gasteiger partial charge is 0.131 e. The monoisotopic (exact) mass is 299 g/mol. The number of rotatable bonds is 5. The molecule has 0 spiro atoms. The van der Waals surface area contributed by atoms with Crippen molar-refractivity contribution in [1.82, 2.24) is 9.78 Å². The normalized spacial score (nSPS) is 15.6. The van der Waals surface area contributed by atoms with Crippen LogP contribution in [0.1, 0.15) is 37.9 Å². The van der Waals surface area contributed by atoms with Gasteiger partial charge in [0.05, 0.1) is 5.69 Å². The molecular weight excluding hydrogens is 278 g/mol. The van der Waals surface area contributed by atoms with Crippen molar-refractivity contribution in [3.8, 4) is 0 Å². The summed E-state index contributed by atoms with van der Waals surface area (Å²) < 4.78 is 2.05. The summed E-state index contributed by atoms with van der Waals surface area (Å²) in [5.74, 6) is 2.00. The molecule has 0 bridgehead atoms. The van der Waals surface area contributed by atoms with E-state index in [2.05, 4.69) is 53.7 Å². The summed E-state index contributed by atoms with van der Waals surface area (Å²) in [4.78, 5) is 2.56. The van der Waals surface area contributed by atoms with E-state index in [1.165, 1.54) is 24.2 Å². The molecule has 2 rings (SSSR count). The first-order chi connectivity index (χ1) is 8.04. The maximum absolute atomic E-state index is 4.57. The zero-order chi connectivity index (χ0) is 12.6. The third-order valence-corrected chi connectivity index (χ3v) is 3.83. The van der Waals surface area contributed by atoms with Crippen molar-refractivity contribution >= 4 is 21.7 Å². The van der Waals surface area contributed by atoms with Crippen LogP contribution >= 0.6 is 15.9 Å². The lowest BCUT2D eigenvalue weighted by molar-refractivity contribution is 0.587. The molecule has 0 amide bonds. The molecule has 0 aromatic carbocycles. The van der Waals surface area contributed by atoms with E-state index in [0.717, 1.165) is 23.6 Å². The summed E-state index contributed by atoms with van der Waals surface area (Å²) in [6.07, 6.45) is 2.66. The minimum atomic E-state index is 0.689. The van der Waals surface area contributed by atoms with Crippen LogP contribution in [0.3, 0.4) is 0 Å². The van der Waals surface area contributed by atoms with Crippen LogP contribution in [0.25, 0.3) is 0 Å². The van der Waals surface area contributed by atoms with E-state index in [1.807, 2.05) is 4.68 Å². The molecule has 3 nitrogen and oxygen atoms in total. The predicted molar refractivity (Wildman–Crippen MR) is 75.8 cm³/mol. The molecule has 1 aromatic heterocycles. The van der Waals surface area contributed by atoms with Crippen LogP contribution in [0.5, 0.6) is 0 Å². The van der Waals surface area contributed by atoms with E-state index in [9.17, 15) is 0 Å². The summed E-state index contributed by atoms with van der Waals surface area (Å²) in [7, 11) is 2.06. The highest BCUT2D eigenvalue weighted by atomic mass is 79.9. The highest BCUT2D eigenvalue weighted by Crippen LogP contribution is 2.35. The van der Waals surface area contributed by atoms with Crippen LogP contribution in [0, 0.1) is 12.8 Å². The van der Waals surface area contributed by atoms with Crippen molar-refractivity contribution in [2.24, 2.45) is 13.0 Å². The van der Waals surface area contributed by atoms with E-state index >= 15 is 0 Å². The molecule has 0 unspecified atom stereocenters. The maximum atomic E-state index is 4.57. The second-order valence-corrected chi connectivity index (χ2v) is 5.98. The van der Waals surface area contributed by atoms with E-state index < -0.39 is 0 Å². The van der Waals surface area contributed by atoms with Gasteiger partial charge in [-0.2, -0.15) is 5.10 Å². The first-order valence-electron chi connectivity index (χ1n) is 6.39. The van der Waals surface area contributed by atoms with Gasteiger partial charge < -0.3 is 4.90 Å². The summed E-state index contributed by atoms with van der Waals surface area (Å²) in [5.41, 5.74) is 2.49. The van der Waals surface area contributed by atoms with Gasteiger partial charge >= 0.3 is 0 Å². The minimum Gasteiger partial charge on any atom is -0.353 e. The van der Waals surface area contributed by atoms with Gasteiger partial charge in [-0.25, -0.2) is 0 Å². The van der Waals surface area contributed by atoms with Gasteiger partial charge in [0.15, 0.2) is 0 Å². The van der Waals surface area contributed by atoms with Gasteiger partial charge in [0.25, 0.3) is 0 Å². The van der Waals surface area contributed by atoms with Crippen LogP contribution in [-0.4, -0.2) is 22.4 Å². The van der Waals surface area contributed by atoms with E-state index in [1.54, 1.807) is 0 Å². The van der Waals surface area contributed by atoms with Gasteiger partial charge in [-0.15, -0.1) is 0 Å². The van der Waals surface area contributed by atoms with Crippen LogP contribution in [-0.2, 0) is 12.4 Å². The summed E-state index contributed by atoms with van der Waals surface area (Å²) in [6.45, 7) is 7.79. The SMILES string of the molecule is Cc1nn(C)c(N(CC(C)C)C2CC2)c1CBr. The molecule has 96 valence electrons. The van der Waals surface area contributed by atoms with Gasteiger partial charge in [0, 0.05) is 30.5 Å². The second kappa shape index (κ2) is 5.01. The number of aromatic nitrogens is 2. The molecule has 0 aliphatic heterocycles. The molecule has 0 saturated heterocycles.